The van der Waals surface area contributed by atoms with Gasteiger partial charge in [0.1, 0.15) is 0 Å². The van der Waals surface area contributed by atoms with E-state index in [0.29, 0.717) is 0 Å². The van der Waals surface area contributed by atoms with Crippen LogP contribution in [0.2, 0.25) is 0 Å². The summed E-state index contributed by atoms with van der Waals surface area (Å²) in [5.41, 5.74) is 0. The lowest BCUT2D eigenvalue weighted by atomic mass is 10.3. The second kappa shape index (κ2) is 3.91. The third-order valence-corrected chi connectivity index (χ3v) is 1.87. The van der Waals surface area contributed by atoms with Gasteiger partial charge in [0, 0.05) is 25.2 Å². The molecular formula is C5H12Br2N2. The van der Waals surface area contributed by atoms with Gasteiger partial charge < -0.3 is 10.6 Å². The van der Waals surface area contributed by atoms with E-state index in [1.54, 1.807) is 0 Å². The summed E-state index contributed by atoms with van der Waals surface area (Å²) >= 11 is 0. The summed E-state index contributed by atoms with van der Waals surface area (Å²) < 4.78 is 0. The van der Waals surface area contributed by atoms with Crippen molar-refractivity contribution in [1.82, 2.24) is 10.6 Å². The Balaban J connectivity index is 0.000000320. The Kier molecular flexibility index (Phi) is 4.29. The van der Waals surface area contributed by atoms with E-state index in [1.807, 2.05) is 0 Å². The van der Waals surface area contributed by atoms with E-state index in [4.69, 9.17) is 0 Å². The van der Waals surface area contributed by atoms with Crippen LogP contribution in [0.15, 0.2) is 0 Å². The van der Waals surface area contributed by atoms with E-state index in [0.717, 1.165) is 12.1 Å². The van der Waals surface area contributed by atoms with Crippen molar-refractivity contribution in [2.45, 2.75) is 18.5 Å². The average Bonchev–Trinajstić information content (AvgIpc) is 2.22. The number of nitrogens with one attached hydrogen (secondary N) is 2. The van der Waals surface area contributed by atoms with Gasteiger partial charge in [0.2, 0.25) is 0 Å². The summed E-state index contributed by atoms with van der Waals surface area (Å²) in [4.78, 5) is 0. The Morgan fingerprint density at radius 1 is 0.889 bits per heavy atom. The largest absolute Gasteiger partial charge is 0.311 e. The second-order valence-electron chi connectivity index (χ2n) is 2.45. The first kappa shape index (κ1) is 9.88. The summed E-state index contributed by atoms with van der Waals surface area (Å²) in [6.07, 6.45) is 1.36. The number of fused-ring (bicyclic) bond motifs is 2. The van der Waals surface area contributed by atoms with E-state index in [-0.39, 0.29) is 34.0 Å². The maximum absolute atomic E-state index is 3.39. The van der Waals surface area contributed by atoms with Gasteiger partial charge in [0.25, 0.3) is 0 Å². The Morgan fingerprint density at radius 2 is 1.33 bits per heavy atom. The van der Waals surface area contributed by atoms with E-state index in [9.17, 15) is 0 Å². The van der Waals surface area contributed by atoms with Crippen molar-refractivity contribution in [1.29, 1.82) is 0 Å². The molecule has 0 saturated carbocycles. The van der Waals surface area contributed by atoms with E-state index >= 15 is 0 Å². The van der Waals surface area contributed by atoms with Gasteiger partial charge in [-0.2, -0.15) is 0 Å². The predicted octanol–water partition coefficient (Wildman–Crippen LogP) is 0.476. The minimum Gasteiger partial charge on any atom is -0.311 e. The van der Waals surface area contributed by atoms with Gasteiger partial charge >= 0.3 is 0 Å². The maximum atomic E-state index is 3.39. The molecule has 2 nitrogen and oxygen atoms in total. The van der Waals surface area contributed by atoms with E-state index < -0.39 is 0 Å². The molecule has 2 saturated heterocycles. The van der Waals surface area contributed by atoms with Crippen LogP contribution in [0, 0.1) is 0 Å². The molecule has 0 aromatic rings. The third kappa shape index (κ3) is 1.90. The molecule has 9 heavy (non-hydrogen) atoms. The summed E-state index contributed by atoms with van der Waals surface area (Å²) in [7, 11) is 0. The Bertz CT molecular complexity index is 71.0. The molecule has 56 valence electrons. The van der Waals surface area contributed by atoms with Gasteiger partial charge in [0.05, 0.1) is 0 Å². The summed E-state index contributed by atoms with van der Waals surface area (Å²) in [6.45, 7) is 2.40. The summed E-state index contributed by atoms with van der Waals surface area (Å²) in [5.74, 6) is 0. The molecular weight excluding hydrogens is 248 g/mol. The van der Waals surface area contributed by atoms with Crippen molar-refractivity contribution >= 4 is 34.0 Å². The van der Waals surface area contributed by atoms with Crippen LogP contribution in [-0.4, -0.2) is 25.2 Å². The molecule has 2 heterocycles. The Hall–Kier alpha value is 0.880. The van der Waals surface area contributed by atoms with Crippen molar-refractivity contribution < 1.29 is 0 Å². The van der Waals surface area contributed by atoms with Crippen LogP contribution in [0.4, 0.5) is 0 Å². The Labute approximate surface area is 76.3 Å². The van der Waals surface area contributed by atoms with Crippen LogP contribution in [-0.2, 0) is 0 Å². The van der Waals surface area contributed by atoms with Crippen LogP contribution in [0.1, 0.15) is 6.42 Å². The van der Waals surface area contributed by atoms with Gasteiger partial charge in [-0.3, -0.25) is 0 Å². The number of piperazine rings is 1. The molecule has 2 aliphatic heterocycles. The Morgan fingerprint density at radius 3 is 1.44 bits per heavy atom. The van der Waals surface area contributed by atoms with Crippen LogP contribution in [0.25, 0.3) is 0 Å². The standard InChI is InChI=1S/C5H10N2.2BrH/c1-4-2-6-5(1)3-7-4;;/h4-7H,1-3H2;2*1H/t4-,5-;;/m0../s1. The van der Waals surface area contributed by atoms with Crippen LogP contribution >= 0.6 is 34.0 Å². The number of halogens is 2. The first-order valence-corrected chi connectivity index (χ1v) is 2.92. The molecule has 2 fully saturated rings. The fourth-order valence-electron chi connectivity index (χ4n) is 1.44. The normalized spacial score (nSPS) is 37.3. The molecule has 4 heteroatoms. The zero-order valence-corrected chi connectivity index (χ0v) is 8.52. The van der Waals surface area contributed by atoms with Gasteiger partial charge in [-0.25, -0.2) is 0 Å². The molecule has 2 aliphatic rings. The molecule has 2 rings (SSSR count). The van der Waals surface area contributed by atoms with E-state index in [1.165, 1.54) is 19.5 Å². The van der Waals surface area contributed by atoms with E-state index in [2.05, 4.69) is 10.6 Å². The van der Waals surface area contributed by atoms with Gasteiger partial charge in [-0.05, 0) is 6.42 Å². The predicted molar refractivity (Wildman–Crippen MR) is 48.8 cm³/mol. The monoisotopic (exact) mass is 258 g/mol. The minimum absolute atomic E-state index is 0. The van der Waals surface area contributed by atoms with Crippen molar-refractivity contribution in [3.05, 3.63) is 0 Å². The SMILES string of the molecule is Br.Br.C1N[C@@H]2CN[C@H]1C2. The summed E-state index contributed by atoms with van der Waals surface area (Å²) in [6, 6.07) is 1.62. The summed E-state index contributed by atoms with van der Waals surface area (Å²) in [5, 5.41) is 6.79. The second-order valence-corrected chi connectivity index (χ2v) is 2.45. The van der Waals surface area contributed by atoms with Crippen LogP contribution in [0.5, 0.6) is 0 Å². The molecule has 2 N–H and O–H groups in total. The third-order valence-electron chi connectivity index (χ3n) is 1.87. The number of hydrogen-bond donors (Lipinski definition) is 2. The van der Waals surface area contributed by atoms with Crippen LogP contribution < -0.4 is 10.6 Å². The highest BCUT2D eigenvalue weighted by Gasteiger charge is 2.29. The minimum atomic E-state index is 0. The van der Waals surface area contributed by atoms with Gasteiger partial charge in [0.15, 0.2) is 0 Å². The number of hydrogen-bond acceptors (Lipinski definition) is 2. The smallest absolute Gasteiger partial charge is 0.0208 e. The molecule has 2 bridgehead atoms. The lowest BCUT2D eigenvalue weighted by Crippen LogP contribution is -2.39. The first-order valence-electron chi connectivity index (χ1n) is 2.92. The molecule has 0 aromatic carbocycles. The fraction of sp³-hybridized carbons (Fsp3) is 1.00. The molecule has 0 spiro atoms. The number of rotatable bonds is 0. The van der Waals surface area contributed by atoms with Crippen LogP contribution in [0.3, 0.4) is 0 Å². The van der Waals surface area contributed by atoms with Crippen molar-refractivity contribution in [2.24, 2.45) is 0 Å². The fourth-order valence-corrected chi connectivity index (χ4v) is 1.44. The quantitative estimate of drug-likeness (QED) is 0.661. The van der Waals surface area contributed by atoms with Gasteiger partial charge in [-0.15, -0.1) is 34.0 Å². The average molecular weight is 260 g/mol. The van der Waals surface area contributed by atoms with Crippen molar-refractivity contribution in [2.75, 3.05) is 13.1 Å². The molecule has 0 aromatic heterocycles. The highest BCUT2D eigenvalue weighted by molar-refractivity contribution is 8.93. The van der Waals surface area contributed by atoms with Crippen molar-refractivity contribution in [3.63, 3.8) is 0 Å². The molecule has 0 aliphatic carbocycles. The molecule has 0 unspecified atom stereocenters. The van der Waals surface area contributed by atoms with Crippen molar-refractivity contribution in [3.8, 4) is 0 Å². The lowest BCUT2D eigenvalue weighted by molar-refractivity contribution is 0.528. The topological polar surface area (TPSA) is 24.1 Å². The maximum Gasteiger partial charge on any atom is 0.0208 e. The first-order chi connectivity index (χ1) is 3.45. The highest BCUT2D eigenvalue weighted by Crippen LogP contribution is 2.11. The highest BCUT2D eigenvalue weighted by atomic mass is 79.9. The lowest BCUT2D eigenvalue weighted by Gasteiger charge is -2.10. The molecule has 0 radical (unpaired) electrons. The van der Waals surface area contributed by atoms with Gasteiger partial charge in [-0.1, -0.05) is 0 Å². The zero-order valence-electron chi connectivity index (χ0n) is 5.09. The molecule has 2 atom stereocenters. The zero-order chi connectivity index (χ0) is 4.69. The molecule has 0 amide bonds.